The van der Waals surface area contributed by atoms with E-state index in [4.69, 9.17) is 16.7 Å². The number of nitrogens with zero attached hydrogens (tertiary/aromatic N) is 1. The molecule has 112 valence electrons. The van der Waals surface area contributed by atoms with Crippen LogP contribution in [-0.2, 0) is 16.6 Å². The molecule has 7 heteroatoms. The van der Waals surface area contributed by atoms with Crippen molar-refractivity contribution in [2.24, 2.45) is 5.92 Å². The summed E-state index contributed by atoms with van der Waals surface area (Å²) in [5.74, 6) is 0.349. The van der Waals surface area contributed by atoms with Crippen LogP contribution in [0.15, 0.2) is 23.1 Å². The zero-order chi connectivity index (χ0) is 14.8. The van der Waals surface area contributed by atoms with Crippen molar-refractivity contribution in [3.63, 3.8) is 0 Å². The molecule has 1 aliphatic heterocycles. The number of sulfonamides is 1. The highest BCUT2D eigenvalue weighted by Gasteiger charge is 2.22. The molecular formula is C13H19ClN2O3S. The van der Waals surface area contributed by atoms with E-state index in [0.717, 1.165) is 19.5 Å². The van der Waals surface area contributed by atoms with Crippen LogP contribution in [0.3, 0.4) is 0 Å². The van der Waals surface area contributed by atoms with Crippen molar-refractivity contribution in [1.82, 2.24) is 9.62 Å². The van der Waals surface area contributed by atoms with Gasteiger partial charge in [-0.2, -0.15) is 0 Å². The zero-order valence-electron chi connectivity index (χ0n) is 11.3. The highest BCUT2D eigenvalue weighted by Crippen LogP contribution is 2.21. The van der Waals surface area contributed by atoms with Crippen LogP contribution in [0.25, 0.3) is 0 Å². The molecular weight excluding hydrogens is 300 g/mol. The van der Waals surface area contributed by atoms with Crippen molar-refractivity contribution in [2.75, 3.05) is 26.7 Å². The van der Waals surface area contributed by atoms with Gasteiger partial charge in [-0.25, -0.2) is 13.1 Å². The first-order valence-electron chi connectivity index (χ1n) is 6.50. The number of halogens is 1. The largest absolute Gasteiger partial charge is 0.392 e. The summed E-state index contributed by atoms with van der Waals surface area (Å²) in [4.78, 5) is 2.32. The van der Waals surface area contributed by atoms with E-state index < -0.39 is 10.0 Å². The minimum absolute atomic E-state index is 0.131. The van der Waals surface area contributed by atoms with Gasteiger partial charge in [-0.3, -0.25) is 0 Å². The molecule has 1 unspecified atom stereocenters. The molecule has 2 N–H and O–H groups in total. The van der Waals surface area contributed by atoms with Crippen LogP contribution in [0.2, 0.25) is 5.02 Å². The zero-order valence-corrected chi connectivity index (χ0v) is 12.9. The fourth-order valence-electron chi connectivity index (χ4n) is 2.33. The summed E-state index contributed by atoms with van der Waals surface area (Å²) < 4.78 is 27.0. The molecule has 20 heavy (non-hydrogen) atoms. The standard InChI is InChI=1S/C13H19ClN2O3S/c1-16-5-4-10(8-16)7-15-20(18,19)12-3-2-11(9-17)13(14)6-12/h2-3,6,10,15,17H,4-5,7-9H2,1H3. The SMILES string of the molecule is CN1CCC(CNS(=O)(=O)c2ccc(CO)c(Cl)c2)C1. The Kier molecular flexibility index (Phi) is 5.04. The molecule has 1 heterocycles. The second-order valence-electron chi connectivity index (χ2n) is 5.18. The van der Waals surface area contributed by atoms with Crippen molar-refractivity contribution in [2.45, 2.75) is 17.9 Å². The number of rotatable bonds is 5. The summed E-state index contributed by atoms with van der Waals surface area (Å²) in [5.41, 5.74) is 0.517. The van der Waals surface area contributed by atoms with Crippen LogP contribution in [0.4, 0.5) is 0 Å². The first kappa shape index (κ1) is 15.7. The monoisotopic (exact) mass is 318 g/mol. The van der Waals surface area contributed by atoms with Gasteiger partial charge in [0.05, 0.1) is 11.5 Å². The molecule has 0 saturated carbocycles. The lowest BCUT2D eigenvalue weighted by Crippen LogP contribution is -2.30. The lowest BCUT2D eigenvalue weighted by Gasteiger charge is -2.12. The van der Waals surface area contributed by atoms with Gasteiger partial charge in [0, 0.05) is 18.1 Å². The summed E-state index contributed by atoms with van der Waals surface area (Å²) in [6, 6.07) is 4.36. The van der Waals surface area contributed by atoms with E-state index in [1.54, 1.807) is 0 Å². The predicted molar refractivity (Wildman–Crippen MR) is 78.2 cm³/mol. The number of likely N-dealkylation sites (tertiary alicyclic amines) is 1. The van der Waals surface area contributed by atoms with Crippen LogP contribution in [0.5, 0.6) is 0 Å². The van der Waals surface area contributed by atoms with Crippen molar-refractivity contribution < 1.29 is 13.5 Å². The molecule has 1 atom stereocenters. The average Bonchev–Trinajstić information content (AvgIpc) is 2.82. The summed E-state index contributed by atoms with van der Waals surface area (Å²) >= 11 is 5.92. The third-order valence-corrected chi connectivity index (χ3v) is 5.33. The molecule has 0 radical (unpaired) electrons. The van der Waals surface area contributed by atoms with Gasteiger partial charge in [-0.05, 0) is 43.6 Å². The summed E-state index contributed by atoms with van der Waals surface area (Å²) in [6.45, 7) is 2.14. The van der Waals surface area contributed by atoms with E-state index in [1.807, 2.05) is 7.05 Å². The predicted octanol–water partition coefficient (Wildman–Crippen LogP) is 1.06. The maximum absolute atomic E-state index is 12.2. The Hall–Kier alpha value is -0.660. The van der Waals surface area contributed by atoms with Gasteiger partial charge in [0.25, 0.3) is 0 Å². The molecule has 1 aromatic carbocycles. The Morgan fingerprint density at radius 3 is 2.80 bits per heavy atom. The molecule has 0 amide bonds. The van der Waals surface area contributed by atoms with Gasteiger partial charge in [0.2, 0.25) is 10.0 Å². The van der Waals surface area contributed by atoms with Gasteiger partial charge in [-0.15, -0.1) is 0 Å². The van der Waals surface area contributed by atoms with Gasteiger partial charge < -0.3 is 10.0 Å². The summed E-state index contributed by atoms with van der Waals surface area (Å²) in [6.07, 6.45) is 1.00. The van der Waals surface area contributed by atoms with E-state index in [0.29, 0.717) is 18.0 Å². The number of hydrogen-bond donors (Lipinski definition) is 2. The minimum atomic E-state index is -3.55. The molecule has 0 spiro atoms. The Morgan fingerprint density at radius 1 is 1.50 bits per heavy atom. The van der Waals surface area contributed by atoms with Gasteiger partial charge in [0.15, 0.2) is 0 Å². The Labute approximate surface area is 124 Å². The lowest BCUT2D eigenvalue weighted by atomic mass is 10.1. The van der Waals surface area contributed by atoms with Crippen LogP contribution in [-0.4, -0.2) is 45.1 Å². The molecule has 5 nitrogen and oxygen atoms in total. The highest BCUT2D eigenvalue weighted by molar-refractivity contribution is 7.89. The van der Waals surface area contributed by atoms with Crippen LogP contribution in [0.1, 0.15) is 12.0 Å². The third kappa shape index (κ3) is 3.71. The quantitative estimate of drug-likeness (QED) is 0.852. The summed E-state index contributed by atoms with van der Waals surface area (Å²) in [5, 5.41) is 9.29. The second kappa shape index (κ2) is 6.41. The first-order chi connectivity index (χ1) is 9.42. The van der Waals surface area contributed by atoms with E-state index >= 15 is 0 Å². The fraction of sp³-hybridized carbons (Fsp3) is 0.538. The van der Waals surface area contributed by atoms with E-state index in [2.05, 4.69) is 9.62 Å². The van der Waals surface area contributed by atoms with Crippen molar-refractivity contribution in [1.29, 1.82) is 0 Å². The topological polar surface area (TPSA) is 69.6 Å². The molecule has 0 aromatic heterocycles. The van der Waals surface area contributed by atoms with Crippen LogP contribution in [0, 0.1) is 5.92 Å². The van der Waals surface area contributed by atoms with E-state index in [9.17, 15) is 8.42 Å². The van der Waals surface area contributed by atoms with E-state index in [-0.39, 0.29) is 16.5 Å². The van der Waals surface area contributed by atoms with Crippen LogP contribution >= 0.6 is 11.6 Å². The molecule has 0 bridgehead atoms. The minimum Gasteiger partial charge on any atom is -0.392 e. The normalized spacial score (nSPS) is 20.4. The molecule has 1 aliphatic rings. The van der Waals surface area contributed by atoms with E-state index in [1.165, 1.54) is 18.2 Å². The maximum Gasteiger partial charge on any atom is 0.240 e. The second-order valence-corrected chi connectivity index (χ2v) is 7.35. The number of benzene rings is 1. The van der Waals surface area contributed by atoms with Crippen molar-refractivity contribution in [3.8, 4) is 0 Å². The summed E-state index contributed by atoms with van der Waals surface area (Å²) in [7, 11) is -1.52. The number of hydrogen-bond acceptors (Lipinski definition) is 4. The average molecular weight is 319 g/mol. The van der Waals surface area contributed by atoms with Gasteiger partial charge in [-0.1, -0.05) is 17.7 Å². The molecule has 1 saturated heterocycles. The van der Waals surface area contributed by atoms with Crippen molar-refractivity contribution in [3.05, 3.63) is 28.8 Å². The fourth-order valence-corrected chi connectivity index (χ4v) is 3.77. The smallest absolute Gasteiger partial charge is 0.240 e. The number of aliphatic hydroxyl groups excluding tert-OH is 1. The van der Waals surface area contributed by atoms with Gasteiger partial charge in [0.1, 0.15) is 0 Å². The Morgan fingerprint density at radius 2 is 2.25 bits per heavy atom. The van der Waals surface area contributed by atoms with Gasteiger partial charge >= 0.3 is 0 Å². The first-order valence-corrected chi connectivity index (χ1v) is 8.36. The van der Waals surface area contributed by atoms with Crippen LogP contribution < -0.4 is 4.72 Å². The third-order valence-electron chi connectivity index (χ3n) is 3.56. The van der Waals surface area contributed by atoms with Crippen molar-refractivity contribution >= 4 is 21.6 Å². The lowest BCUT2D eigenvalue weighted by molar-refractivity contribution is 0.282. The molecule has 1 aromatic rings. The number of nitrogens with one attached hydrogen (secondary N) is 1. The number of aliphatic hydroxyl groups is 1. The highest BCUT2D eigenvalue weighted by atomic mass is 35.5. The Balaban J connectivity index is 2.04. The molecule has 2 rings (SSSR count). The molecule has 0 aliphatic carbocycles. The Bertz CT molecular complexity index is 577. The maximum atomic E-state index is 12.2. The molecule has 1 fully saturated rings.